The first-order chi connectivity index (χ1) is 20.8. The molecule has 2 N–H and O–H groups in total. The Morgan fingerprint density at radius 1 is 0.860 bits per heavy atom. The summed E-state index contributed by atoms with van der Waals surface area (Å²) in [5.41, 5.74) is 3.74. The maximum Gasteiger partial charge on any atom is 0.336 e. The van der Waals surface area contributed by atoms with E-state index in [1.807, 2.05) is 48.5 Å². The minimum Gasteiger partial charge on any atom is -0.504 e. The van der Waals surface area contributed by atoms with Crippen molar-refractivity contribution in [3.05, 3.63) is 100 Å². The summed E-state index contributed by atoms with van der Waals surface area (Å²) in [6.45, 7) is 2.00. The molecule has 2 aliphatic rings. The Morgan fingerprint density at radius 3 is 2.28 bits per heavy atom. The number of esters is 1. The summed E-state index contributed by atoms with van der Waals surface area (Å²) in [6, 6.07) is 19.8. The van der Waals surface area contributed by atoms with Crippen LogP contribution in [0.2, 0.25) is 0 Å². The number of Topliss-reactive ketones (excluding diaryl/α,β-unsaturated/α-hetero) is 1. The van der Waals surface area contributed by atoms with Gasteiger partial charge in [0.15, 0.2) is 28.8 Å². The van der Waals surface area contributed by atoms with Gasteiger partial charge in [0.2, 0.25) is 0 Å². The van der Waals surface area contributed by atoms with E-state index in [9.17, 15) is 14.7 Å². The number of aromatic hydroxyl groups is 1. The SMILES string of the molecule is COc1cc(C2C(C(=O)OCCOc3ccccc3)=C(C)NC3=C2C(=O)CC(c2ccc(OC)c(OC)c2)C3)ccc1O. The molecule has 0 saturated carbocycles. The number of phenolic OH excluding ortho intramolecular Hbond substituents is 1. The van der Waals surface area contributed by atoms with Crippen LogP contribution in [-0.2, 0) is 14.3 Å². The zero-order valence-corrected chi connectivity index (χ0v) is 24.6. The molecule has 0 saturated heterocycles. The first-order valence-corrected chi connectivity index (χ1v) is 14.0. The molecule has 9 nitrogen and oxygen atoms in total. The summed E-state index contributed by atoms with van der Waals surface area (Å²) >= 11 is 0. The van der Waals surface area contributed by atoms with Crippen LogP contribution in [0.15, 0.2) is 89.3 Å². The van der Waals surface area contributed by atoms with E-state index in [2.05, 4.69) is 5.32 Å². The van der Waals surface area contributed by atoms with Gasteiger partial charge in [0.05, 0.1) is 26.9 Å². The number of allylic oxidation sites excluding steroid dienone is 3. The monoisotopic (exact) mass is 585 g/mol. The van der Waals surface area contributed by atoms with E-state index in [4.69, 9.17) is 23.7 Å². The van der Waals surface area contributed by atoms with Crippen LogP contribution in [0.25, 0.3) is 0 Å². The van der Waals surface area contributed by atoms with Crippen LogP contribution >= 0.6 is 0 Å². The van der Waals surface area contributed by atoms with Crippen molar-refractivity contribution in [2.45, 2.75) is 31.6 Å². The minimum absolute atomic E-state index is 0.0252. The fraction of sp³-hybridized carbons (Fsp3) is 0.294. The highest BCUT2D eigenvalue weighted by molar-refractivity contribution is 6.04. The largest absolute Gasteiger partial charge is 0.504 e. The van der Waals surface area contributed by atoms with Crippen LogP contribution < -0.4 is 24.3 Å². The minimum atomic E-state index is -0.716. The second kappa shape index (κ2) is 12.9. The number of ketones is 1. The molecule has 0 radical (unpaired) electrons. The molecule has 3 aromatic carbocycles. The first-order valence-electron chi connectivity index (χ1n) is 14.0. The summed E-state index contributed by atoms with van der Waals surface area (Å²) in [6.07, 6.45) is 0.793. The molecule has 0 bridgehead atoms. The Kier molecular flexibility index (Phi) is 8.90. The van der Waals surface area contributed by atoms with Crippen LogP contribution in [0.4, 0.5) is 0 Å². The van der Waals surface area contributed by atoms with Gasteiger partial charge in [-0.25, -0.2) is 4.79 Å². The Labute approximate surface area is 250 Å². The molecule has 1 heterocycles. The predicted octanol–water partition coefficient (Wildman–Crippen LogP) is 5.40. The van der Waals surface area contributed by atoms with E-state index in [0.29, 0.717) is 46.1 Å². The number of benzene rings is 3. The van der Waals surface area contributed by atoms with Gasteiger partial charge in [0, 0.05) is 29.3 Å². The van der Waals surface area contributed by atoms with Crippen LogP contribution in [-0.4, -0.2) is 51.4 Å². The number of carbonyl (C=O) groups is 2. The van der Waals surface area contributed by atoms with Gasteiger partial charge in [-0.1, -0.05) is 30.3 Å². The van der Waals surface area contributed by atoms with Crippen molar-refractivity contribution in [2.75, 3.05) is 34.5 Å². The number of methoxy groups -OCH3 is 3. The predicted molar refractivity (Wildman–Crippen MR) is 160 cm³/mol. The average Bonchev–Trinajstić information content (AvgIpc) is 3.02. The van der Waals surface area contributed by atoms with Gasteiger partial charge in [-0.15, -0.1) is 0 Å². The molecule has 5 rings (SSSR count). The smallest absolute Gasteiger partial charge is 0.336 e. The lowest BCUT2D eigenvalue weighted by molar-refractivity contribution is -0.140. The third-order valence-corrected chi connectivity index (χ3v) is 7.79. The zero-order chi connectivity index (χ0) is 30.5. The number of hydrogen-bond acceptors (Lipinski definition) is 9. The average molecular weight is 586 g/mol. The van der Waals surface area contributed by atoms with Crippen molar-refractivity contribution in [1.29, 1.82) is 0 Å². The molecule has 0 aromatic heterocycles. The van der Waals surface area contributed by atoms with Gasteiger partial charge in [-0.2, -0.15) is 0 Å². The lowest BCUT2D eigenvalue weighted by atomic mass is 9.71. The normalized spacial score (nSPS) is 18.0. The number of ether oxygens (including phenoxy) is 5. The Bertz CT molecular complexity index is 1580. The van der Waals surface area contributed by atoms with Gasteiger partial charge in [0.25, 0.3) is 0 Å². The molecule has 1 aliphatic carbocycles. The Hall–Kier alpha value is -4.92. The molecule has 1 aliphatic heterocycles. The number of hydrogen-bond donors (Lipinski definition) is 2. The van der Waals surface area contributed by atoms with E-state index in [0.717, 1.165) is 11.3 Å². The van der Waals surface area contributed by atoms with E-state index in [1.54, 1.807) is 33.3 Å². The molecule has 224 valence electrons. The van der Waals surface area contributed by atoms with Crippen molar-refractivity contribution < 1.29 is 38.4 Å². The molecule has 43 heavy (non-hydrogen) atoms. The van der Waals surface area contributed by atoms with Crippen molar-refractivity contribution in [3.8, 4) is 28.7 Å². The zero-order valence-electron chi connectivity index (χ0n) is 24.6. The standard InChI is InChI=1S/C34H35NO8/c1-20-31(34(38)43-15-14-42-24-8-6-5-7-9-24)32(22-10-12-26(36)29(19-22)40-3)33-25(35-20)16-23(17-27(33)37)21-11-13-28(39-2)30(18-21)41-4/h5-13,18-19,23,32,35-36H,14-17H2,1-4H3. The molecule has 0 spiro atoms. The van der Waals surface area contributed by atoms with Crippen LogP contribution in [0.3, 0.4) is 0 Å². The highest BCUT2D eigenvalue weighted by Crippen LogP contribution is 2.47. The molecule has 0 amide bonds. The molecule has 3 aromatic rings. The van der Waals surface area contributed by atoms with Crippen molar-refractivity contribution >= 4 is 11.8 Å². The Morgan fingerprint density at radius 2 is 1.56 bits per heavy atom. The van der Waals surface area contributed by atoms with E-state index < -0.39 is 11.9 Å². The fourth-order valence-corrected chi connectivity index (χ4v) is 5.75. The van der Waals surface area contributed by atoms with Gasteiger partial charge in [-0.05, 0) is 66.8 Å². The summed E-state index contributed by atoms with van der Waals surface area (Å²) < 4.78 is 27.6. The maximum absolute atomic E-state index is 14.0. The number of carbonyl (C=O) groups excluding carboxylic acids is 2. The van der Waals surface area contributed by atoms with Gasteiger partial charge in [0.1, 0.15) is 19.0 Å². The quantitative estimate of drug-likeness (QED) is 0.239. The lowest BCUT2D eigenvalue weighted by Crippen LogP contribution is -2.36. The lowest BCUT2D eigenvalue weighted by Gasteiger charge is -2.37. The summed E-state index contributed by atoms with van der Waals surface area (Å²) in [5.74, 6) is 0.616. The number of rotatable bonds is 10. The van der Waals surface area contributed by atoms with Gasteiger partial charge >= 0.3 is 5.97 Å². The van der Waals surface area contributed by atoms with Crippen LogP contribution in [0.1, 0.15) is 42.7 Å². The van der Waals surface area contributed by atoms with E-state index >= 15 is 0 Å². The molecule has 9 heteroatoms. The fourth-order valence-electron chi connectivity index (χ4n) is 5.75. The van der Waals surface area contributed by atoms with Gasteiger partial charge in [-0.3, -0.25) is 4.79 Å². The second-order valence-electron chi connectivity index (χ2n) is 10.4. The summed E-state index contributed by atoms with van der Waals surface area (Å²) in [4.78, 5) is 27.6. The number of dihydropyridines is 1. The second-order valence-corrected chi connectivity index (χ2v) is 10.4. The third kappa shape index (κ3) is 6.16. The third-order valence-electron chi connectivity index (χ3n) is 7.79. The molecular formula is C34H35NO8. The molecule has 0 fully saturated rings. The van der Waals surface area contributed by atoms with Crippen LogP contribution in [0, 0.1) is 0 Å². The van der Waals surface area contributed by atoms with E-state index in [1.165, 1.54) is 13.2 Å². The number of phenols is 1. The Balaban J connectivity index is 1.46. The van der Waals surface area contributed by atoms with Crippen molar-refractivity contribution in [2.24, 2.45) is 0 Å². The van der Waals surface area contributed by atoms with Gasteiger partial charge < -0.3 is 34.1 Å². The highest BCUT2D eigenvalue weighted by Gasteiger charge is 2.41. The van der Waals surface area contributed by atoms with Crippen molar-refractivity contribution in [1.82, 2.24) is 5.32 Å². The molecule has 2 atom stereocenters. The molecule has 2 unspecified atom stereocenters. The topological polar surface area (TPSA) is 113 Å². The maximum atomic E-state index is 14.0. The van der Waals surface area contributed by atoms with Crippen molar-refractivity contribution in [3.63, 3.8) is 0 Å². The summed E-state index contributed by atoms with van der Waals surface area (Å²) in [5, 5.41) is 13.6. The van der Waals surface area contributed by atoms with Crippen LogP contribution in [0.5, 0.6) is 28.7 Å². The molecular weight excluding hydrogens is 550 g/mol. The number of para-hydroxylation sites is 1. The highest BCUT2D eigenvalue weighted by atomic mass is 16.6. The number of nitrogens with one attached hydrogen (secondary N) is 1. The van der Waals surface area contributed by atoms with E-state index in [-0.39, 0.29) is 42.8 Å². The first kappa shape index (κ1) is 29.6. The summed E-state index contributed by atoms with van der Waals surface area (Å²) in [7, 11) is 4.61.